The summed E-state index contributed by atoms with van der Waals surface area (Å²) in [6.45, 7) is 6.09. The Kier molecular flexibility index (Phi) is 5.80. The first-order chi connectivity index (χ1) is 9.74. The lowest BCUT2D eigenvalue weighted by Crippen LogP contribution is -2.44. The number of aromatic nitrogens is 1. The molecule has 4 nitrogen and oxygen atoms in total. The van der Waals surface area contributed by atoms with Crippen LogP contribution in [0.25, 0.3) is 0 Å². The Labute approximate surface area is 122 Å². The van der Waals surface area contributed by atoms with Crippen LogP contribution in [0.5, 0.6) is 0 Å². The molecule has 1 saturated carbocycles. The van der Waals surface area contributed by atoms with Crippen molar-refractivity contribution in [1.82, 2.24) is 10.3 Å². The minimum absolute atomic E-state index is 0.320. The molecule has 112 valence electrons. The van der Waals surface area contributed by atoms with Gasteiger partial charge in [-0.05, 0) is 62.8 Å². The van der Waals surface area contributed by atoms with Gasteiger partial charge < -0.3 is 15.8 Å². The molecule has 1 aromatic rings. The van der Waals surface area contributed by atoms with E-state index in [1.165, 1.54) is 18.4 Å². The van der Waals surface area contributed by atoms with Crippen molar-refractivity contribution in [1.29, 1.82) is 0 Å². The maximum Gasteiger partial charge on any atom is 0.123 e. The van der Waals surface area contributed by atoms with Crippen molar-refractivity contribution in [3.8, 4) is 0 Å². The largest absolute Gasteiger partial charge is 0.384 e. The molecule has 4 heteroatoms. The molecule has 1 fully saturated rings. The third-order valence-electron chi connectivity index (χ3n) is 3.80. The molecule has 1 aliphatic carbocycles. The predicted molar refractivity (Wildman–Crippen MR) is 82.6 cm³/mol. The molecule has 3 N–H and O–H groups in total. The van der Waals surface area contributed by atoms with Gasteiger partial charge in [-0.1, -0.05) is 6.92 Å². The average molecular weight is 277 g/mol. The lowest BCUT2D eigenvalue weighted by Gasteiger charge is -2.28. The molecular formula is C16H27N3O. The molecule has 20 heavy (non-hydrogen) atoms. The molecular weight excluding hydrogens is 250 g/mol. The number of rotatable bonds is 9. The molecule has 0 amide bonds. The zero-order chi connectivity index (χ0) is 14.4. The van der Waals surface area contributed by atoms with E-state index in [0.717, 1.165) is 31.9 Å². The number of hydrogen-bond donors (Lipinski definition) is 2. The highest BCUT2D eigenvalue weighted by atomic mass is 16.5. The van der Waals surface area contributed by atoms with Gasteiger partial charge >= 0.3 is 0 Å². The van der Waals surface area contributed by atoms with E-state index in [0.29, 0.717) is 18.0 Å². The van der Waals surface area contributed by atoms with Gasteiger partial charge in [0.25, 0.3) is 0 Å². The second kappa shape index (κ2) is 7.60. The lowest BCUT2D eigenvalue weighted by molar-refractivity contribution is 0.0192. The zero-order valence-corrected chi connectivity index (χ0v) is 12.6. The van der Waals surface area contributed by atoms with E-state index in [1.807, 2.05) is 12.1 Å². The number of pyridine rings is 1. The quantitative estimate of drug-likeness (QED) is 0.727. The Morgan fingerprint density at radius 2 is 2.25 bits per heavy atom. The van der Waals surface area contributed by atoms with Crippen molar-refractivity contribution in [3.63, 3.8) is 0 Å². The van der Waals surface area contributed by atoms with E-state index in [4.69, 9.17) is 10.5 Å². The topological polar surface area (TPSA) is 60.2 Å². The summed E-state index contributed by atoms with van der Waals surface area (Å²) in [6, 6.07) is 4.38. The van der Waals surface area contributed by atoms with Crippen molar-refractivity contribution in [2.75, 3.05) is 18.9 Å². The summed E-state index contributed by atoms with van der Waals surface area (Å²) in [5, 5.41) is 3.66. The van der Waals surface area contributed by atoms with E-state index < -0.39 is 0 Å². The number of nitrogen functional groups attached to an aromatic ring is 1. The normalized spacial score (nSPS) is 17.9. The maximum absolute atomic E-state index is 6.02. The average Bonchev–Trinajstić information content (AvgIpc) is 3.25. The Bertz CT molecular complexity index is 406. The van der Waals surface area contributed by atoms with Gasteiger partial charge in [-0.15, -0.1) is 0 Å². The van der Waals surface area contributed by atoms with Crippen LogP contribution < -0.4 is 11.1 Å². The SMILES string of the molecule is CCCNC(Cc1ccnc(N)c1)C(OCC)C1CC1. The summed E-state index contributed by atoms with van der Waals surface area (Å²) < 4.78 is 6.02. The van der Waals surface area contributed by atoms with Crippen LogP contribution >= 0.6 is 0 Å². The van der Waals surface area contributed by atoms with Gasteiger partial charge in [-0.2, -0.15) is 0 Å². The first-order valence-electron chi connectivity index (χ1n) is 7.80. The number of nitrogens with zero attached hydrogens (tertiary/aromatic N) is 1. The maximum atomic E-state index is 6.02. The van der Waals surface area contributed by atoms with Gasteiger partial charge in [0.05, 0.1) is 6.10 Å². The molecule has 0 aromatic carbocycles. The molecule has 1 aromatic heterocycles. The fourth-order valence-electron chi connectivity index (χ4n) is 2.71. The first-order valence-corrected chi connectivity index (χ1v) is 7.80. The van der Waals surface area contributed by atoms with Crippen LogP contribution in [0.15, 0.2) is 18.3 Å². The minimum atomic E-state index is 0.320. The number of ether oxygens (including phenoxy) is 1. The van der Waals surface area contributed by atoms with Crippen molar-refractivity contribution >= 4 is 5.82 Å². The third kappa shape index (κ3) is 4.46. The fourth-order valence-corrected chi connectivity index (χ4v) is 2.71. The number of anilines is 1. The molecule has 0 radical (unpaired) electrons. The van der Waals surface area contributed by atoms with Crippen molar-refractivity contribution in [2.24, 2.45) is 5.92 Å². The van der Waals surface area contributed by atoms with Crippen LogP contribution in [-0.2, 0) is 11.2 Å². The molecule has 2 unspecified atom stereocenters. The highest BCUT2D eigenvalue weighted by molar-refractivity contribution is 5.32. The van der Waals surface area contributed by atoms with Crippen LogP contribution in [0.1, 0.15) is 38.7 Å². The van der Waals surface area contributed by atoms with Crippen LogP contribution in [-0.4, -0.2) is 30.3 Å². The Hall–Kier alpha value is -1.13. The highest BCUT2D eigenvalue weighted by Crippen LogP contribution is 2.36. The third-order valence-corrected chi connectivity index (χ3v) is 3.80. The summed E-state index contributed by atoms with van der Waals surface area (Å²) in [7, 11) is 0. The Morgan fingerprint density at radius 3 is 2.85 bits per heavy atom. The van der Waals surface area contributed by atoms with Crippen LogP contribution in [0.2, 0.25) is 0 Å². The standard InChI is InChI=1S/C16H27N3O/c1-3-8-18-14(16(20-4-2)13-5-6-13)10-12-7-9-19-15(17)11-12/h7,9,11,13-14,16,18H,3-6,8,10H2,1-2H3,(H2,17,19). The molecule has 0 aliphatic heterocycles. The van der Waals surface area contributed by atoms with Gasteiger partial charge in [0.1, 0.15) is 5.82 Å². The second-order valence-electron chi connectivity index (χ2n) is 5.61. The molecule has 0 saturated heterocycles. The van der Waals surface area contributed by atoms with Crippen LogP contribution in [0, 0.1) is 5.92 Å². The highest BCUT2D eigenvalue weighted by Gasteiger charge is 2.37. The molecule has 0 bridgehead atoms. The molecule has 1 heterocycles. The lowest BCUT2D eigenvalue weighted by atomic mass is 9.98. The predicted octanol–water partition coefficient (Wildman–Crippen LogP) is 2.39. The monoisotopic (exact) mass is 277 g/mol. The molecule has 2 rings (SSSR count). The minimum Gasteiger partial charge on any atom is -0.384 e. The molecule has 0 spiro atoms. The van der Waals surface area contributed by atoms with Crippen LogP contribution in [0.4, 0.5) is 5.82 Å². The summed E-state index contributed by atoms with van der Waals surface area (Å²) in [5.41, 5.74) is 7.01. The first kappa shape index (κ1) is 15.3. The van der Waals surface area contributed by atoms with Crippen LogP contribution in [0.3, 0.4) is 0 Å². The zero-order valence-electron chi connectivity index (χ0n) is 12.6. The van der Waals surface area contributed by atoms with Gasteiger partial charge in [0.2, 0.25) is 0 Å². The Balaban J connectivity index is 2.05. The summed E-state index contributed by atoms with van der Waals surface area (Å²) in [4.78, 5) is 4.06. The van der Waals surface area contributed by atoms with E-state index in [-0.39, 0.29) is 0 Å². The van der Waals surface area contributed by atoms with E-state index in [2.05, 4.69) is 24.1 Å². The van der Waals surface area contributed by atoms with E-state index in [1.54, 1.807) is 6.20 Å². The summed E-state index contributed by atoms with van der Waals surface area (Å²) >= 11 is 0. The Morgan fingerprint density at radius 1 is 1.45 bits per heavy atom. The molecule has 1 aliphatic rings. The van der Waals surface area contributed by atoms with Crippen molar-refractivity contribution in [2.45, 2.75) is 51.7 Å². The van der Waals surface area contributed by atoms with E-state index >= 15 is 0 Å². The smallest absolute Gasteiger partial charge is 0.123 e. The molecule has 2 atom stereocenters. The fraction of sp³-hybridized carbons (Fsp3) is 0.688. The number of hydrogen-bond acceptors (Lipinski definition) is 4. The van der Waals surface area contributed by atoms with Gasteiger partial charge in [0.15, 0.2) is 0 Å². The number of nitrogens with two attached hydrogens (primary N) is 1. The number of nitrogens with one attached hydrogen (secondary N) is 1. The van der Waals surface area contributed by atoms with Crippen molar-refractivity contribution < 1.29 is 4.74 Å². The second-order valence-corrected chi connectivity index (χ2v) is 5.61. The van der Waals surface area contributed by atoms with Gasteiger partial charge in [-0.3, -0.25) is 0 Å². The summed E-state index contributed by atoms with van der Waals surface area (Å²) in [6.07, 6.45) is 6.79. The van der Waals surface area contributed by atoms with Gasteiger partial charge in [0, 0.05) is 18.8 Å². The van der Waals surface area contributed by atoms with E-state index in [9.17, 15) is 0 Å². The van der Waals surface area contributed by atoms with Crippen molar-refractivity contribution in [3.05, 3.63) is 23.9 Å². The van der Waals surface area contributed by atoms with Gasteiger partial charge in [-0.25, -0.2) is 4.98 Å². The summed E-state index contributed by atoms with van der Waals surface area (Å²) in [5.74, 6) is 1.32.